The van der Waals surface area contributed by atoms with Crippen LogP contribution in [0.15, 0.2) is 0 Å². The van der Waals surface area contributed by atoms with Crippen molar-refractivity contribution >= 4 is 0 Å². The van der Waals surface area contributed by atoms with Gasteiger partial charge in [0, 0.05) is 0 Å². The molecule has 0 radical (unpaired) electrons. The first-order valence-corrected chi connectivity index (χ1v) is 3.28. The van der Waals surface area contributed by atoms with Gasteiger partial charge in [-0.05, 0) is 12.8 Å². The summed E-state index contributed by atoms with van der Waals surface area (Å²) in [5, 5.41) is 0. The maximum Gasteiger partial charge on any atom is 0.0636 e. The van der Waals surface area contributed by atoms with E-state index in [2.05, 4.69) is 0 Å². The molecule has 10 heavy (non-hydrogen) atoms. The van der Waals surface area contributed by atoms with E-state index in [9.17, 15) is 0 Å². The molecular formula is C6H20N4. The van der Waals surface area contributed by atoms with E-state index in [0.717, 1.165) is 12.8 Å². The van der Waals surface area contributed by atoms with Crippen molar-refractivity contribution in [1.82, 2.24) is 12.3 Å². The Morgan fingerprint density at radius 1 is 0.800 bits per heavy atom. The number of hydrogen-bond donors (Lipinski definition) is 4. The Labute approximate surface area is 62.5 Å². The number of nitrogens with two attached hydrogens (primary N) is 2. The molecule has 0 heterocycles. The predicted molar refractivity (Wildman–Crippen MR) is 44.2 cm³/mol. The molecule has 0 atom stereocenters. The fraction of sp³-hybridized carbons (Fsp3) is 1.00. The summed E-state index contributed by atoms with van der Waals surface area (Å²) in [6, 6.07) is 0. The molecule has 1 rings (SSSR count). The molecule has 0 aliphatic heterocycles. The van der Waals surface area contributed by atoms with Crippen molar-refractivity contribution in [3.8, 4) is 0 Å². The van der Waals surface area contributed by atoms with Gasteiger partial charge in [-0.15, -0.1) is 0 Å². The van der Waals surface area contributed by atoms with Crippen LogP contribution in [0.2, 0.25) is 0 Å². The van der Waals surface area contributed by atoms with E-state index in [0.29, 0.717) is 0 Å². The molecule has 0 aromatic heterocycles. The molecular weight excluding hydrogens is 128 g/mol. The largest absolute Gasteiger partial charge is 0.344 e. The fourth-order valence-electron chi connectivity index (χ4n) is 1.21. The van der Waals surface area contributed by atoms with E-state index in [-0.39, 0.29) is 18.0 Å². The van der Waals surface area contributed by atoms with Gasteiger partial charge in [-0.1, -0.05) is 19.3 Å². The van der Waals surface area contributed by atoms with Gasteiger partial charge < -0.3 is 23.8 Å². The lowest BCUT2D eigenvalue weighted by molar-refractivity contribution is 0.306. The van der Waals surface area contributed by atoms with Gasteiger partial charge in [-0.3, -0.25) is 0 Å². The van der Waals surface area contributed by atoms with Crippen molar-refractivity contribution in [1.29, 1.82) is 0 Å². The summed E-state index contributed by atoms with van der Waals surface area (Å²) in [6.45, 7) is 0. The first-order chi connectivity index (χ1) is 3.71. The fourth-order valence-corrected chi connectivity index (χ4v) is 1.21. The Morgan fingerprint density at radius 3 is 1.40 bits per heavy atom. The highest BCUT2D eigenvalue weighted by Crippen LogP contribution is 2.20. The van der Waals surface area contributed by atoms with Gasteiger partial charge in [0.15, 0.2) is 0 Å². The lowest BCUT2D eigenvalue weighted by Gasteiger charge is -2.28. The second-order valence-corrected chi connectivity index (χ2v) is 2.79. The molecule has 0 aromatic carbocycles. The minimum Gasteiger partial charge on any atom is -0.344 e. The van der Waals surface area contributed by atoms with E-state index in [1.165, 1.54) is 19.3 Å². The quantitative estimate of drug-likeness (QED) is 0.381. The third-order valence-electron chi connectivity index (χ3n) is 1.78. The summed E-state index contributed by atoms with van der Waals surface area (Å²) in [5.74, 6) is 0. The van der Waals surface area contributed by atoms with E-state index in [1.807, 2.05) is 0 Å². The molecule has 1 aliphatic carbocycles. The monoisotopic (exact) mass is 148 g/mol. The van der Waals surface area contributed by atoms with Crippen molar-refractivity contribution < 1.29 is 0 Å². The minimum atomic E-state index is -0.321. The van der Waals surface area contributed by atoms with Crippen LogP contribution in [0.25, 0.3) is 0 Å². The molecule has 1 fully saturated rings. The van der Waals surface area contributed by atoms with Crippen LogP contribution in [0.3, 0.4) is 0 Å². The summed E-state index contributed by atoms with van der Waals surface area (Å²) in [6.07, 6.45) is 5.76. The highest BCUT2D eigenvalue weighted by atomic mass is 14.9. The van der Waals surface area contributed by atoms with Gasteiger partial charge >= 0.3 is 0 Å². The highest BCUT2D eigenvalue weighted by Gasteiger charge is 2.21. The summed E-state index contributed by atoms with van der Waals surface area (Å²) in [7, 11) is 0. The Kier molecular flexibility index (Phi) is 5.78. The third-order valence-corrected chi connectivity index (χ3v) is 1.78. The van der Waals surface area contributed by atoms with Gasteiger partial charge in [0.1, 0.15) is 0 Å². The van der Waals surface area contributed by atoms with Crippen LogP contribution in [0, 0.1) is 0 Å². The summed E-state index contributed by atoms with van der Waals surface area (Å²) < 4.78 is 0. The summed E-state index contributed by atoms with van der Waals surface area (Å²) >= 11 is 0. The molecule has 0 saturated heterocycles. The van der Waals surface area contributed by atoms with Gasteiger partial charge in [-0.2, -0.15) is 0 Å². The Hall–Kier alpha value is -0.160. The third kappa shape index (κ3) is 3.79. The zero-order chi connectivity index (χ0) is 6.04. The van der Waals surface area contributed by atoms with Crippen molar-refractivity contribution in [2.45, 2.75) is 37.8 Å². The van der Waals surface area contributed by atoms with Crippen molar-refractivity contribution in [2.24, 2.45) is 11.5 Å². The van der Waals surface area contributed by atoms with Crippen LogP contribution in [-0.4, -0.2) is 5.66 Å². The topological polar surface area (TPSA) is 122 Å². The van der Waals surface area contributed by atoms with Gasteiger partial charge in [0.25, 0.3) is 0 Å². The highest BCUT2D eigenvalue weighted by molar-refractivity contribution is 4.79. The Morgan fingerprint density at radius 2 is 1.20 bits per heavy atom. The summed E-state index contributed by atoms with van der Waals surface area (Å²) in [5.41, 5.74) is 11.0. The molecule has 1 saturated carbocycles. The van der Waals surface area contributed by atoms with Crippen LogP contribution in [0.4, 0.5) is 0 Å². The van der Waals surface area contributed by atoms with E-state index < -0.39 is 0 Å². The smallest absolute Gasteiger partial charge is 0.0636 e. The SMILES string of the molecule is N.N.NC1(N)CCCCC1. The Balaban J connectivity index is 0. The van der Waals surface area contributed by atoms with Crippen LogP contribution in [-0.2, 0) is 0 Å². The van der Waals surface area contributed by atoms with E-state index >= 15 is 0 Å². The van der Waals surface area contributed by atoms with Gasteiger partial charge in [0.05, 0.1) is 5.66 Å². The van der Waals surface area contributed by atoms with E-state index in [1.54, 1.807) is 0 Å². The van der Waals surface area contributed by atoms with Gasteiger partial charge in [0.2, 0.25) is 0 Å². The minimum absolute atomic E-state index is 0. The van der Waals surface area contributed by atoms with Crippen LogP contribution in [0.5, 0.6) is 0 Å². The molecule has 64 valence electrons. The normalized spacial score (nSPS) is 22.2. The summed E-state index contributed by atoms with van der Waals surface area (Å²) in [4.78, 5) is 0. The van der Waals surface area contributed by atoms with E-state index in [4.69, 9.17) is 11.5 Å². The molecule has 0 spiro atoms. The maximum atomic E-state index is 5.66. The lowest BCUT2D eigenvalue weighted by atomic mass is 9.91. The van der Waals surface area contributed by atoms with Gasteiger partial charge in [-0.25, -0.2) is 0 Å². The van der Waals surface area contributed by atoms with Crippen LogP contribution >= 0.6 is 0 Å². The average molecular weight is 148 g/mol. The Bertz CT molecular complexity index is 73.8. The second kappa shape index (κ2) is 4.62. The van der Waals surface area contributed by atoms with Crippen molar-refractivity contribution in [3.63, 3.8) is 0 Å². The molecule has 10 N–H and O–H groups in total. The molecule has 0 aromatic rings. The molecule has 1 aliphatic rings. The second-order valence-electron chi connectivity index (χ2n) is 2.79. The maximum absolute atomic E-state index is 5.66. The first kappa shape index (κ1) is 12.5. The molecule has 0 unspecified atom stereocenters. The molecule has 4 heteroatoms. The molecule has 0 amide bonds. The zero-order valence-corrected chi connectivity index (χ0v) is 6.60. The number of rotatable bonds is 0. The van der Waals surface area contributed by atoms with Crippen LogP contribution in [0.1, 0.15) is 32.1 Å². The predicted octanol–water partition coefficient (Wildman–Crippen LogP) is 0.888. The average Bonchev–Trinajstić information content (AvgIpc) is 1.65. The van der Waals surface area contributed by atoms with Crippen LogP contribution < -0.4 is 23.8 Å². The van der Waals surface area contributed by atoms with Crippen molar-refractivity contribution in [2.75, 3.05) is 0 Å². The molecule has 0 bridgehead atoms. The first-order valence-electron chi connectivity index (χ1n) is 3.28. The lowest BCUT2D eigenvalue weighted by Crippen LogP contribution is -2.50. The zero-order valence-electron chi connectivity index (χ0n) is 6.60. The standard InChI is InChI=1S/C6H14N2.2H3N/c7-6(8)4-2-1-3-5-6;;/h1-5,7-8H2;2*1H3. The number of hydrogen-bond acceptors (Lipinski definition) is 4. The van der Waals surface area contributed by atoms with Crippen molar-refractivity contribution in [3.05, 3.63) is 0 Å². The molecule has 4 nitrogen and oxygen atoms in total.